The van der Waals surface area contributed by atoms with E-state index in [0.717, 1.165) is 6.29 Å². The number of fused-ring (bicyclic) bond motifs is 1. The van der Waals surface area contributed by atoms with Crippen molar-refractivity contribution < 1.29 is 19.1 Å². The van der Waals surface area contributed by atoms with Crippen LogP contribution in [0.3, 0.4) is 0 Å². The minimum absolute atomic E-state index is 0.338. The number of nitrogens with zero attached hydrogens (tertiary/aromatic N) is 2. The number of thiophene rings is 1. The summed E-state index contributed by atoms with van der Waals surface area (Å²) >= 11 is 4.54. The van der Waals surface area contributed by atoms with E-state index in [1.165, 1.54) is 18.4 Å². The van der Waals surface area contributed by atoms with Gasteiger partial charge in [-0.1, -0.05) is 15.9 Å². The summed E-state index contributed by atoms with van der Waals surface area (Å²) in [5.74, 6) is 0.907. The van der Waals surface area contributed by atoms with Crippen LogP contribution in [0, 0.1) is 13.8 Å². The lowest BCUT2D eigenvalue weighted by Gasteiger charge is -2.08. The largest absolute Gasteiger partial charge is 0.465 e. The van der Waals surface area contributed by atoms with Gasteiger partial charge in [0.05, 0.1) is 12.5 Å². The maximum atomic E-state index is 11.9. The molecule has 128 valence electrons. The molecule has 0 saturated heterocycles. The third-order valence-corrected chi connectivity index (χ3v) is 5.44. The highest BCUT2D eigenvalue weighted by molar-refractivity contribution is 9.10. The van der Waals surface area contributed by atoms with Gasteiger partial charge in [-0.2, -0.15) is 4.98 Å². The van der Waals surface area contributed by atoms with Gasteiger partial charge in [0.25, 0.3) is 0 Å². The maximum Gasteiger partial charge on any atom is 0.348 e. The van der Waals surface area contributed by atoms with Gasteiger partial charge in [0, 0.05) is 10.0 Å². The fraction of sp³-hybridized carbons (Fsp3) is 0.176. The van der Waals surface area contributed by atoms with Gasteiger partial charge in [-0.25, -0.2) is 9.78 Å². The van der Waals surface area contributed by atoms with Crippen LogP contribution in [0.2, 0.25) is 0 Å². The lowest BCUT2D eigenvalue weighted by Crippen LogP contribution is -2.00. The Morgan fingerprint density at radius 3 is 2.72 bits per heavy atom. The minimum Gasteiger partial charge on any atom is -0.465 e. The first-order valence-electron chi connectivity index (χ1n) is 7.23. The van der Waals surface area contributed by atoms with Crippen molar-refractivity contribution in [2.24, 2.45) is 0 Å². The summed E-state index contributed by atoms with van der Waals surface area (Å²) in [6, 6.07) is 5.07. The van der Waals surface area contributed by atoms with Crippen LogP contribution < -0.4 is 4.74 Å². The van der Waals surface area contributed by atoms with E-state index in [1.807, 2.05) is 0 Å². The van der Waals surface area contributed by atoms with E-state index in [4.69, 9.17) is 9.47 Å². The second kappa shape index (κ2) is 6.89. The monoisotopic (exact) mass is 420 g/mol. The predicted octanol–water partition coefficient (Wildman–Crippen LogP) is 4.46. The second-order valence-corrected chi connectivity index (χ2v) is 7.06. The lowest BCUT2D eigenvalue weighted by molar-refractivity contribution is 0.0605. The van der Waals surface area contributed by atoms with Gasteiger partial charge in [0.2, 0.25) is 5.88 Å². The van der Waals surface area contributed by atoms with E-state index in [1.54, 1.807) is 32.0 Å². The summed E-state index contributed by atoms with van der Waals surface area (Å²) < 4.78 is 11.4. The van der Waals surface area contributed by atoms with Gasteiger partial charge in [0.1, 0.15) is 21.3 Å². The zero-order valence-corrected chi connectivity index (χ0v) is 16.0. The molecule has 25 heavy (non-hydrogen) atoms. The van der Waals surface area contributed by atoms with Gasteiger partial charge < -0.3 is 9.47 Å². The highest BCUT2D eigenvalue weighted by atomic mass is 79.9. The smallest absolute Gasteiger partial charge is 0.348 e. The van der Waals surface area contributed by atoms with E-state index in [0.29, 0.717) is 48.1 Å². The van der Waals surface area contributed by atoms with Crippen LogP contribution in [0.5, 0.6) is 11.6 Å². The molecule has 0 aliphatic rings. The first-order valence-corrected chi connectivity index (χ1v) is 8.84. The van der Waals surface area contributed by atoms with Crippen molar-refractivity contribution in [3.8, 4) is 11.6 Å². The van der Waals surface area contributed by atoms with E-state index < -0.39 is 5.97 Å². The molecule has 0 spiro atoms. The molecule has 0 fully saturated rings. The number of halogens is 1. The minimum atomic E-state index is -0.420. The molecule has 0 aliphatic heterocycles. The zero-order valence-electron chi connectivity index (χ0n) is 13.6. The number of hydrogen-bond acceptors (Lipinski definition) is 7. The Hall–Kier alpha value is -2.32. The van der Waals surface area contributed by atoms with Crippen molar-refractivity contribution in [3.63, 3.8) is 0 Å². The number of rotatable bonds is 4. The van der Waals surface area contributed by atoms with Crippen molar-refractivity contribution >= 4 is 49.7 Å². The Morgan fingerprint density at radius 1 is 1.28 bits per heavy atom. The standard InChI is InChI=1S/C17H13BrN2O4S/c1-8-13-15(24-11-4-5-12(18)10(6-11)7-21)19-9(2)20-16(13)25-14(8)17(22)23-3/h4-7H,1-3H3. The molecule has 3 rings (SSSR count). The molecule has 0 amide bonds. The lowest BCUT2D eigenvalue weighted by atomic mass is 10.2. The van der Waals surface area contributed by atoms with E-state index in [9.17, 15) is 9.59 Å². The number of benzene rings is 1. The highest BCUT2D eigenvalue weighted by Gasteiger charge is 2.21. The summed E-state index contributed by atoms with van der Waals surface area (Å²) in [6.07, 6.45) is 0.739. The average molecular weight is 421 g/mol. The summed E-state index contributed by atoms with van der Waals surface area (Å²) in [5.41, 5.74) is 1.17. The van der Waals surface area contributed by atoms with Crippen molar-refractivity contribution in [3.05, 3.63) is 44.5 Å². The van der Waals surface area contributed by atoms with E-state index in [2.05, 4.69) is 25.9 Å². The highest BCUT2D eigenvalue weighted by Crippen LogP contribution is 2.37. The van der Waals surface area contributed by atoms with Crippen LogP contribution in [0.4, 0.5) is 0 Å². The Kier molecular flexibility index (Phi) is 4.82. The van der Waals surface area contributed by atoms with E-state index in [-0.39, 0.29) is 0 Å². The Bertz CT molecular complexity index is 1000. The van der Waals surface area contributed by atoms with Crippen molar-refractivity contribution in [1.29, 1.82) is 0 Å². The molecule has 0 bridgehead atoms. The van der Waals surface area contributed by atoms with Crippen LogP contribution >= 0.6 is 27.3 Å². The maximum absolute atomic E-state index is 11.9. The molecule has 0 saturated carbocycles. The molecular weight excluding hydrogens is 408 g/mol. The molecular formula is C17H13BrN2O4S. The number of ether oxygens (including phenoxy) is 2. The Morgan fingerprint density at radius 2 is 2.04 bits per heavy atom. The van der Waals surface area contributed by atoms with Gasteiger partial charge in [-0.05, 0) is 37.6 Å². The third-order valence-electron chi connectivity index (χ3n) is 3.55. The molecule has 0 aliphatic carbocycles. The first kappa shape index (κ1) is 17.5. The quantitative estimate of drug-likeness (QED) is 0.457. The topological polar surface area (TPSA) is 78.4 Å². The normalized spacial score (nSPS) is 10.7. The molecule has 2 heterocycles. The third kappa shape index (κ3) is 3.27. The molecule has 3 aromatic rings. The summed E-state index contributed by atoms with van der Waals surface area (Å²) in [4.78, 5) is 32.9. The zero-order chi connectivity index (χ0) is 18.1. The molecule has 0 atom stereocenters. The summed E-state index contributed by atoms with van der Waals surface area (Å²) in [6.45, 7) is 3.55. The van der Waals surface area contributed by atoms with E-state index >= 15 is 0 Å². The summed E-state index contributed by atoms with van der Waals surface area (Å²) in [7, 11) is 1.34. The number of methoxy groups -OCH3 is 1. The van der Waals surface area contributed by atoms with Gasteiger partial charge in [-0.15, -0.1) is 11.3 Å². The van der Waals surface area contributed by atoms with Crippen LogP contribution in [-0.4, -0.2) is 29.3 Å². The SMILES string of the molecule is COC(=O)c1sc2nc(C)nc(Oc3ccc(Br)c(C=O)c3)c2c1C. The number of carbonyl (C=O) groups is 2. The number of esters is 1. The fourth-order valence-corrected chi connectivity index (χ4v) is 3.83. The number of aromatic nitrogens is 2. The molecule has 0 unspecified atom stereocenters. The van der Waals surface area contributed by atoms with Crippen LogP contribution in [0.25, 0.3) is 10.2 Å². The van der Waals surface area contributed by atoms with Crippen molar-refractivity contribution in [1.82, 2.24) is 9.97 Å². The average Bonchev–Trinajstić information content (AvgIpc) is 2.92. The molecule has 2 aromatic heterocycles. The molecule has 0 radical (unpaired) electrons. The first-order chi connectivity index (χ1) is 11.9. The molecule has 6 nitrogen and oxygen atoms in total. The van der Waals surface area contributed by atoms with Gasteiger partial charge >= 0.3 is 5.97 Å². The van der Waals surface area contributed by atoms with Crippen molar-refractivity contribution in [2.45, 2.75) is 13.8 Å². The molecule has 1 aromatic carbocycles. The van der Waals surface area contributed by atoms with Crippen LogP contribution in [0.15, 0.2) is 22.7 Å². The van der Waals surface area contributed by atoms with Gasteiger partial charge in [-0.3, -0.25) is 4.79 Å². The number of hydrogen-bond donors (Lipinski definition) is 0. The van der Waals surface area contributed by atoms with Crippen molar-refractivity contribution in [2.75, 3.05) is 7.11 Å². The Labute approximate surface area is 155 Å². The number of carbonyl (C=O) groups excluding carboxylic acids is 2. The fourth-order valence-electron chi connectivity index (χ4n) is 2.35. The number of aryl methyl sites for hydroxylation is 2. The molecule has 8 heteroatoms. The molecule has 0 N–H and O–H groups in total. The Balaban J connectivity index is 2.14. The predicted molar refractivity (Wildman–Crippen MR) is 97.8 cm³/mol. The van der Waals surface area contributed by atoms with Gasteiger partial charge in [0.15, 0.2) is 6.29 Å². The van der Waals surface area contributed by atoms with Crippen LogP contribution in [-0.2, 0) is 4.74 Å². The second-order valence-electron chi connectivity index (χ2n) is 5.21. The van der Waals surface area contributed by atoms with Crippen LogP contribution in [0.1, 0.15) is 31.4 Å². The summed E-state index contributed by atoms with van der Waals surface area (Å²) in [5, 5.41) is 0.659. The number of aldehydes is 1.